The zero-order chi connectivity index (χ0) is 20.9. The first-order chi connectivity index (χ1) is 14.4. The third-order valence-electron chi connectivity index (χ3n) is 7.53. The second-order valence-electron chi connectivity index (χ2n) is 9.84. The molecule has 2 amide bonds. The van der Waals surface area contributed by atoms with Gasteiger partial charge in [-0.2, -0.15) is 4.99 Å². The van der Waals surface area contributed by atoms with Gasteiger partial charge in [-0.15, -0.1) is 0 Å². The van der Waals surface area contributed by atoms with Gasteiger partial charge in [0, 0.05) is 32.4 Å². The fourth-order valence-corrected chi connectivity index (χ4v) is 7.06. The average Bonchev–Trinajstić information content (AvgIpc) is 3.48. The second kappa shape index (κ2) is 7.70. The van der Waals surface area contributed by atoms with Gasteiger partial charge in [-0.3, -0.25) is 9.59 Å². The lowest BCUT2D eigenvalue weighted by Crippen LogP contribution is -2.41. The Morgan fingerprint density at radius 3 is 2.70 bits per heavy atom. The van der Waals surface area contributed by atoms with Crippen LogP contribution < -0.4 is 5.32 Å². The number of nitrogens with one attached hydrogen (secondary N) is 1. The SMILES string of the molecule is Cn1cnc(C(=O)N2CCC(CC3(C)SC(N[C@H]4C[C@@H]5CCC4C5)=NC3=O)CC2)c1. The Morgan fingerprint density at radius 2 is 2.07 bits per heavy atom. The van der Waals surface area contributed by atoms with Crippen LogP contribution >= 0.6 is 11.8 Å². The van der Waals surface area contributed by atoms with Crippen molar-refractivity contribution in [2.75, 3.05) is 13.1 Å². The van der Waals surface area contributed by atoms with Crippen molar-refractivity contribution in [3.63, 3.8) is 0 Å². The van der Waals surface area contributed by atoms with E-state index in [2.05, 4.69) is 15.3 Å². The van der Waals surface area contributed by atoms with Crippen LogP contribution in [0, 0.1) is 17.8 Å². The first kappa shape index (κ1) is 20.1. The molecule has 2 aliphatic heterocycles. The number of hydrogen-bond donors (Lipinski definition) is 1. The normalized spacial score (nSPS) is 33.9. The highest BCUT2D eigenvalue weighted by Crippen LogP contribution is 2.46. The molecule has 2 aliphatic carbocycles. The van der Waals surface area contributed by atoms with E-state index < -0.39 is 4.75 Å². The van der Waals surface area contributed by atoms with Gasteiger partial charge < -0.3 is 14.8 Å². The Labute approximate surface area is 182 Å². The number of amides is 2. The summed E-state index contributed by atoms with van der Waals surface area (Å²) in [6.07, 6.45) is 11.4. The first-order valence-corrected chi connectivity index (χ1v) is 12.1. The van der Waals surface area contributed by atoms with Crippen molar-refractivity contribution < 1.29 is 9.59 Å². The number of likely N-dealkylation sites (tertiary alicyclic amines) is 1. The third-order valence-corrected chi connectivity index (χ3v) is 8.72. The Bertz CT molecular complexity index is 875. The highest BCUT2D eigenvalue weighted by atomic mass is 32.2. The number of aryl methyl sites for hydroxylation is 1. The number of rotatable bonds is 4. The third kappa shape index (κ3) is 3.79. The predicted octanol–water partition coefficient (Wildman–Crippen LogP) is 2.83. The molecule has 30 heavy (non-hydrogen) atoms. The summed E-state index contributed by atoms with van der Waals surface area (Å²) in [5, 5.41) is 4.44. The average molecular weight is 430 g/mol. The summed E-state index contributed by atoms with van der Waals surface area (Å²) in [4.78, 5) is 35.8. The van der Waals surface area contributed by atoms with Gasteiger partial charge in [0.1, 0.15) is 10.4 Å². The van der Waals surface area contributed by atoms with Gasteiger partial charge in [-0.25, -0.2) is 4.98 Å². The summed E-state index contributed by atoms with van der Waals surface area (Å²) in [6, 6.07) is 0.506. The van der Waals surface area contributed by atoms with E-state index in [1.807, 2.05) is 18.9 Å². The van der Waals surface area contributed by atoms with Crippen molar-refractivity contribution in [3.8, 4) is 0 Å². The number of aliphatic imine (C=N–C) groups is 1. The zero-order valence-corrected chi connectivity index (χ0v) is 18.7. The largest absolute Gasteiger partial charge is 0.361 e. The van der Waals surface area contributed by atoms with Gasteiger partial charge in [-0.1, -0.05) is 18.2 Å². The van der Waals surface area contributed by atoms with Crippen LogP contribution in [-0.2, 0) is 11.8 Å². The van der Waals surface area contributed by atoms with E-state index in [-0.39, 0.29) is 11.8 Å². The number of piperidine rings is 1. The lowest BCUT2D eigenvalue weighted by Gasteiger charge is -2.34. The maximum absolute atomic E-state index is 12.8. The smallest absolute Gasteiger partial charge is 0.274 e. The minimum Gasteiger partial charge on any atom is -0.361 e. The molecule has 4 aliphatic rings. The van der Waals surface area contributed by atoms with Crippen LogP contribution in [0.2, 0.25) is 0 Å². The second-order valence-corrected chi connectivity index (χ2v) is 11.3. The van der Waals surface area contributed by atoms with E-state index in [4.69, 9.17) is 0 Å². The van der Waals surface area contributed by atoms with Gasteiger partial charge in [0.15, 0.2) is 5.17 Å². The number of carbonyl (C=O) groups excluding carboxylic acids is 2. The van der Waals surface area contributed by atoms with Crippen LogP contribution in [-0.4, -0.2) is 55.3 Å². The molecule has 1 saturated heterocycles. The van der Waals surface area contributed by atoms with Crippen molar-refractivity contribution in [1.82, 2.24) is 19.8 Å². The van der Waals surface area contributed by atoms with Crippen LogP contribution in [0.15, 0.2) is 17.5 Å². The molecule has 1 aromatic rings. The van der Waals surface area contributed by atoms with E-state index in [0.29, 0.717) is 17.7 Å². The Kier molecular flexibility index (Phi) is 5.16. The number of carbonyl (C=O) groups is 2. The highest BCUT2D eigenvalue weighted by Gasteiger charge is 2.46. The molecule has 0 aromatic carbocycles. The summed E-state index contributed by atoms with van der Waals surface area (Å²) in [7, 11) is 1.87. The summed E-state index contributed by atoms with van der Waals surface area (Å²) < 4.78 is 1.32. The van der Waals surface area contributed by atoms with E-state index in [1.54, 1.807) is 28.9 Å². The van der Waals surface area contributed by atoms with E-state index in [1.165, 1.54) is 25.7 Å². The van der Waals surface area contributed by atoms with E-state index in [0.717, 1.165) is 49.4 Å². The molecule has 0 radical (unpaired) electrons. The maximum atomic E-state index is 12.8. The van der Waals surface area contributed by atoms with Crippen molar-refractivity contribution >= 4 is 28.7 Å². The van der Waals surface area contributed by atoms with Gasteiger partial charge in [0.2, 0.25) is 0 Å². The van der Waals surface area contributed by atoms with Gasteiger partial charge in [0.25, 0.3) is 11.8 Å². The lowest BCUT2D eigenvalue weighted by atomic mass is 9.87. The molecular formula is C22H31N5O2S. The quantitative estimate of drug-likeness (QED) is 0.796. The number of imidazole rings is 1. The molecule has 7 nitrogen and oxygen atoms in total. The number of thioether (sulfide) groups is 1. The molecule has 4 atom stereocenters. The van der Waals surface area contributed by atoms with Crippen molar-refractivity contribution in [3.05, 3.63) is 18.2 Å². The molecule has 0 spiro atoms. The van der Waals surface area contributed by atoms with Crippen molar-refractivity contribution in [2.45, 2.75) is 62.7 Å². The van der Waals surface area contributed by atoms with Crippen molar-refractivity contribution in [2.24, 2.45) is 29.8 Å². The minimum absolute atomic E-state index is 0.00477. The lowest BCUT2D eigenvalue weighted by molar-refractivity contribution is -0.119. The first-order valence-electron chi connectivity index (χ1n) is 11.3. The van der Waals surface area contributed by atoms with Gasteiger partial charge >= 0.3 is 0 Å². The Hall–Kier alpha value is -1.83. The summed E-state index contributed by atoms with van der Waals surface area (Å²) in [6.45, 7) is 3.50. The molecule has 2 saturated carbocycles. The highest BCUT2D eigenvalue weighted by molar-refractivity contribution is 8.16. The number of hydrogen-bond acceptors (Lipinski definition) is 5. The van der Waals surface area contributed by atoms with Crippen LogP contribution in [0.3, 0.4) is 0 Å². The summed E-state index contributed by atoms with van der Waals surface area (Å²) in [5.74, 6) is 2.09. The van der Waals surface area contributed by atoms with Crippen LogP contribution in [0.1, 0.15) is 62.4 Å². The zero-order valence-electron chi connectivity index (χ0n) is 17.8. The molecular weight excluding hydrogens is 398 g/mol. The van der Waals surface area contributed by atoms with Crippen molar-refractivity contribution in [1.29, 1.82) is 0 Å². The number of fused-ring (bicyclic) bond motifs is 2. The van der Waals surface area contributed by atoms with Crippen LogP contribution in [0.4, 0.5) is 0 Å². The molecule has 3 heterocycles. The molecule has 2 unspecified atom stereocenters. The molecule has 1 aromatic heterocycles. The van der Waals surface area contributed by atoms with E-state index >= 15 is 0 Å². The molecule has 5 rings (SSSR count). The molecule has 3 fully saturated rings. The standard InChI is InChI=1S/C22H31N5O2S/c1-22(20(29)25-21(30-22)24-17-10-15-3-4-16(17)9-15)11-14-5-7-27(8-6-14)19(28)18-12-26(2)13-23-18/h12-17H,3-11H2,1-2H3,(H,24,25,29)/t15-,16?,17+,22?/m1/s1. The van der Waals surface area contributed by atoms with Crippen LogP contribution in [0.25, 0.3) is 0 Å². The minimum atomic E-state index is -0.474. The topological polar surface area (TPSA) is 79.6 Å². The fourth-order valence-electron chi connectivity index (χ4n) is 5.84. The molecule has 162 valence electrons. The van der Waals surface area contributed by atoms with E-state index in [9.17, 15) is 9.59 Å². The maximum Gasteiger partial charge on any atom is 0.274 e. The predicted molar refractivity (Wildman–Crippen MR) is 117 cm³/mol. The van der Waals surface area contributed by atoms with Crippen LogP contribution in [0.5, 0.6) is 0 Å². The number of nitrogens with zero attached hydrogens (tertiary/aromatic N) is 4. The van der Waals surface area contributed by atoms with Gasteiger partial charge in [-0.05, 0) is 63.2 Å². The number of aromatic nitrogens is 2. The Morgan fingerprint density at radius 1 is 1.27 bits per heavy atom. The monoisotopic (exact) mass is 429 g/mol. The Balaban J connectivity index is 1.13. The molecule has 8 heteroatoms. The fraction of sp³-hybridized carbons (Fsp3) is 0.727. The molecule has 1 N–H and O–H groups in total. The number of amidine groups is 1. The summed E-state index contributed by atoms with van der Waals surface area (Å²) >= 11 is 1.63. The summed E-state index contributed by atoms with van der Waals surface area (Å²) in [5.41, 5.74) is 0.508. The van der Waals surface area contributed by atoms with Gasteiger partial charge in [0.05, 0.1) is 6.33 Å². The molecule has 2 bridgehead atoms.